The number of nitrogens with one attached hydrogen (secondary N) is 2. The van der Waals surface area contributed by atoms with Crippen LogP contribution in [0.25, 0.3) is 10.9 Å². The summed E-state index contributed by atoms with van der Waals surface area (Å²) in [5.74, 6) is 1.10. The zero-order chi connectivity index (χ0) is 20.4. The number of nitrogens with zero attached hydrogens (tertiary/aromatic N) is 1. The minimum Gasteiger partial charge on any atom is -0.487 e. The van der Waals surface area contributed by atoms with E-state index in [2.05, 4.69) is 15.3 Å². The fraction of sp³-hybridized carbons (Fsp3) is 0.167. The van der Waals surface area contributed by atoms with Gasteiger partial charge in [-0.05, 0) is 49.6 Å². The molecule has 0 aliphatic rings. The molecular formula is C24H23N3O2. The maximum atomic E-state index is 12.7. The van der Waals surface area contributed by atoms with Gasteiger partial charge in [0.1, 0.15) is 23.9 Å². The molecule has 0 saturated carbocycles. The molecule has 5 nitrogen and oxygen atoms in total. The van der Waals surface area contributed by atoms with Crippen LogP contribution < -0.4 is 10.1 Å². The summed E-state index contributed by atoms with van der Waals surface area (Å²) in [5, 5.41) is 3.93. The molecule has 0 unspecified atom stereocenters. The first-order valence-corrected chi connectivity index (χ1v) is 9.56. The van der Waals surface area contributed by atoms with Crippen LogP contribution in [-0.4, -0.2) is 15.9 Å². The van der Waals surface area contributed by atoms with Crippen molar-refractivity contribution in [3.05, 3.63) is 88.7 Å². The number of rotatable bonds is 5. The van der Waals surface area contributed by atoms with Crippen molar-refractivity contribution < 1.29 is 9.53 Å². The third kappa shape index (κ3) is 3.85. The molecule has 1 amide bonds. The molecule has 0 aliphatic carbocycles. The summed E-state index contributed by atoms with van der Waals surface area (Å²) in [4.78, 5) is 20.5. The molecule has 2 N–H and O–H groups in total. The molecule has 5 heteroatoms. The Morgan fingerprint density at radius 2 is 1.72 bits per heavy atom. The van der Waals surface area contributed by atoms with E-state index < -0.39 is 0 Å². The highest BCUT2D eigenvalue weighted by Gasteiger charge is 2.17. The van der Waals surface area contributed by atoms with E-state index in [4.69, 9.17) is 4.74 Å². The monoisotopic (exact) mass is 385 g/mol. The Kier molecular flexibility index (Phi) is 5.04. The number of carbonyl (C=O) groups is 1. The lowest BCUT2D eigenvalue weighted by molar-refractivity contribution is 0.102. The summed E-state index contributed by atoms with van der Waals surface area (Å²) >= 11 is 0. The lowest BCUT2D eigenvalue weighted by atomic mass is 10.1. The van der Waals surface area contributed by atoms with E-state index in [0.717, 1.165) is 39.0 Å². The Morgan fingerprint density at radius 1 is 1.00 bits per heavy atom. The largest absolute Gasteiger partial charge is 0.487 e. The molecular weight excluding hydrogens is 362 g/mol. The summed E-state index contributed by atoms with van der Waals surface area (Å²) < 4.78 is 6.04. The number of aryl methyl sites for hydroxylation is 1. The Hall–Kier alpha value is -3.60. The summed E-state index contributed by atoms with van der Waals surface area (Å²) in [6.07, 6.45) is 0. The van der Waals surface area contributed by atoms with Crippen LogP contribution in [0.5, 0.6) is 5.75 Å². The van der Waals surface area contributed by atoms with Crippen molar-refractivity contribution >= 4 is 22.6 Å². The van der Waals surface area contributed by atoms with Gasteiger partial charge in [-0.3, -0.25) is 4.79 Å². The van der Waals surface area contributed by atoms with Gasteiger partial charge >= 0.3 is 0 Å². The summed E-state index contributed by atoms with van der Waals surface area (Å²) in [7, 11) is 0. The fourth-order valence-electron chi connectivity index (χ4n) is 3.36. The number of ether oxygens (including phenoxy) is 1. The molecule has 29 heavy (non-hydrogen) atoms. The normalized spacial score (nSPS) is 10.9. The first-order valence-electron chi connectivity index (χ1n) is 9.56. The third-order valence-electron chi connectivity index (χ3n) is 5.10. The van der Waals surface area contributed by atoms with Gasteiger partial charge in [0.2, 0.25) is 0 Å². The second-order valence-corrected chi connectivity index (χ2v) is 7.12. The van der Waals surface area contributed by atoms with E-state index in [1.54, 1.807) is 0 Å². The van der Waals surface area contributed by atoms with Crippen molar-refractivity contribution in [3.63, 3.8) is 0 Å². The number of para-hydroxylation sites is 1. The number of amides is 1. The van der Waals surface area contributed by atoms with E-state index in [-0.39, 0.29) is 5.91 Å². The van der Waals surface area contributed by atoms with Gasteiger partial charge in [0, 0.05) is 10.9 Å². The lowest BCUT2D eigenvalue weighted by Gasteiger charge is -2.17. The number of aromatic amines is 1. The SMILES string of the molecule is Cc1nc(NC(=O)c2cc3ccccc3[nH]2)c(C)c(C)c1OCc1ccccc1. The quantitative estimate of drug-likeness (QED) is 0.489. The van der Waals surface area contributed by atoms with E-state index in [1.165, 1.54) is 0 Å². The summed E-state index contributed by atoms with van der Waals surface area (Å²) in [5.41, 5.74) is 5.14. The van der Waals surface area contributed by atoms with Crippen LogP contribution in [0.3, 0.4) is 0 Å². The van der Waals surface area contributed by atoms with Crippen LogP contribution >= 0.6 is 0 Å². The van der Waals surface area contributed by atoms with E-state index in [9.17, 15) is 4.79 Å². The highest BCUT2D eigenvalue weighted by Crippen LogP contribution is 2.30. The Balaban J connectivity index is 1.55. The third-order valence-corrected chi connectivity index (χ3v) is 5.10. The highest BCUT2D eigenvalue weighted by atomic mass is 16.5. The smallest absolute Gasteiger partial charge is 0.273 e. The molecule has 146 valence electrons. The number of carbonyl (C=O) groups excluding carboxylic acids is 1. The van der Waals surface area contributed by atoms with Gasteiger partial charge < -0.3 is 15.0 Å². The predicted molar refractivity (Wildman–Crippen MR) is 115 cm³/mol. The molecule has 0 aliphatic heterocycles. The molecule has 0 saturated heterocycles. The van der Waals surface area contributed by atoms with Crippen molar-refractivity contribution in [1.82, 2.24) is 9.97 Å². The minimum atomic E-state index is -0.214. The zero-order valence-corrected chi connectivity index (χ0v) is 16.7. The summed E-state index contributed by atoms with van der Waals surface area (Å²) in [6.45, 7) is 6.30. The van der Waals surface area contributed by atoms with Crippen LogP contribution in [-0.2, 0) is 6.61 Å². The number of hydrogen-bond donors (Lipinski definition) is 2. The minimum absolute atomic E-state index is 0.214. The Labute approximate surface area is 169 Å². The topological polar surface area (TPSA) is 67.0 Å². The van der Waals surface area contributed by atoms with Crippen molar-refractivity contribution in [3.8, 4) is 5.75 Å². The number of hydrogen-bond acceptors (Lipinski definition) is 3. The second-order valence-electron chi connectivity index (χ2n) is 7.12. The highest BCUT2D eigenvalue weighted by molar-refractivity contribution is 6.05. The van der Waals surface area contributed by atoms with Crippen molar-refractivity contribution in [2.24, 2.45) is 0 Å². The van der Waals surface area contributed by atoms with Gasteiger partial charge in [-0.2, -0.15) is 0 Å². The van der Waals surface area contributed by atoms with Crippen LogP contribution in [0, 0.1) is 20.8 Å². The maximum Gasteiger partial charge on any atom is 0.273 e. The molecule has 4 aromatic rings. The average Bonchev–Trinajstić information content (AvgIpc) is 3.17. The molecule has 0 bridgehead atoms. The van der Waals surface area contributed by atoms with Gasteiger partial charge in [0.25, 0.3) is 5.91 Å². The second kappa shape index (κ2) is 7.80. The number of anilines is 1. The van der Waals surface area contributed by atoms with Crippen LogP contribution in [0.1, 0.15) is 32.9 Å². The molecule has 0 spiro atoms. The zero-order valence-electron chi connectivity index (χ0n) is 16.7. The van der Waals surface area contributed by atoms with Crippen molar-refractivity contribution in [2.45, 2.75) is 27.4 Å². The molecule has 0 fully saturated rings. The van der Waals surface area contributed by atoms with Gasteiger partial charge in [-0.1, -0.05) is 48.5 Å². The van der Waals surface area contributed by atoms with E-state index >= 15 is 0 Å². The van der Waals surface area contributed by atoms with Crippen LogP contribution in [0.15, 0.2) is 60.7 Å². The molecule has 2 aromatic heterocycles. The van der Waals surface area contributed by atoms with Crippen LogP contribution in [0.4, 0.5) is 5.82 Å². The lowest BCUT2D eigenvalue weighted by Crippen LogP contribution is -2.16. The number of pyridine rings is 1. The van der Waals surface area contributed by atoms with Crippen molar-refractivity contribution in [1.29, 1.82) is 0 Å². The maximum absolute atomic E-state index is 12.7. The number of fused-ring (bicyclic) bond motifs is 1. The first kappa shape index (κ1) is 18.7. The van der Waals surface area contributed by atoms with E-state index in [1.807, 2.05) is 81.4 Å². The van der Waals surface area contributed by atoms with Gasteiger partial charge in [0.15, 0.2) is 0 Å². The number of H-pyrrole nitrogens is 1. The van der Waals surface area contributed by atoms with Gasteiger partial charge in [0.05, 0.1) is 5.69 Å². The first-order chi connectivity index (χ1) is 14.0. The Morgan fingerprint density at radius 3 is 2.48 bits per heavy atom. The Bertz CT molecular complexity index is 1150. The average molecular weight is 385 g/mol. The molecule has 0 atom stereocenters. The molecule has 0 radical (unpaired) electrons. The standard InChI is InChI=1S/C24H23N3O2/c1-15-16(2)23(25-17(3)22(15)29-14-18-9-5-4-6-10-18)27-24(28)21-13-19-11-7-8-12-20(19)26-21/h4-13,26H,14H2,1-3H3,(H,25,27,28). The molecule has 2 heterocycles. The van der Waals surface area contributed by atoms with Crippen molar-refractivity contribution in [2.75, 3.05) is 5.32 Å². The number of aromatic nitrogens is 2. The molecule has 4 rings (SSSR count). The van der Waals surface area contributed by atoms with Gasteiger partial charge in [-0.25, -0.2) is 4.98 Å². The number of benzene rings is 2. The van der Waals surface area contributed by atoms with E-state index in [0.29, 0.717) is 18.1 Å². The predicted octanol–water partition coefficient (Wildman–Crippen LogP) is 5.32. The molecule has 2 aromatic carbocycles. The van der Waals surface area contributed by atoms with Crippen LogP contribution in [0.2, 0.25) is 0 Å². The fourth-order valence-corrected chi connectivity index (χ4v) is 3.36. The summed E-state index contributed by atoms with van der Waals surface area (Å²) in [6, 6.07) is 19.7. The van der Waals surface area contributed by atoms with Gasteiger partial charge in [-0.15, -0.1) is 0 Å².